The lowest BCUT2D eigenvalue weighted by molar-refractivity contribution is -0.631. The molecule has 0 spiro atoms. The summed E-state index contributed by atoms with van der Waals surface area (Å²) in [6.45, 7) is 14.2. The number of hydrogen-bond donors (Lipinski definition) is 0. The van der Waals surface area contributed by atoms with Crippen LogP contribution in [-0.2, 0) is 0 Å². The minimum atomic E-state index is 0.367. The molecular formula is C21H29NO. The Labute approximate surface area is 139 Å². The molecule has 6 aliphatic carbocycles. The molecule has 23 heavy (non-hydrogen) atoms. The summed E-state index contributed by atoms with van der Waals surface area (Å²) in [6.07, 6.45) is 2.57. The van der Waals surface area contributed by atoms with Crippen molar-refractivity contribution in [2.24, 2.45) is 22.7 Å². The predicted octanol–water partition coefficient (Wildman–Crippen LogP) is 4.81. The van der Waals surface area contributed by atoms with E-state index in [9.17, 15) is 5.21 Å². The Bertz CT molecular complexity index is 674. The maximum absolute atomic E-state index is 13.4. The topological polar surface area (TPSA) is 26.9 Å². The van der Waals surface area contributed by atoms with Gasteiger partial charge >= 0.3 is 0 Å². The van der Waals surface area contributed by atoms with Crippen LogP contribution in [-0.4, -0.2) is 0 Å². The highest BCUT2D eigenvalue weighted by Gasteiger charge is 2.62. The van der Waals surface area contributed by atoms with Crippen molar-refractivity contribution >= 4 is 0 Å². The van der Waals surface area contributed by atoms with Crippen molar-refractivity contribution in [2.45, 2.75) is 78.1 Å². The summed E-state index contributed by atoms with van der Waals surface area (Å²) in [5.41, 5.74) is 5.77. The highest BCUT2D eigenvalue weighted by molar-refractivity contribution is 5.45. The van der Waals surface area contributed by atoms with Crippen molar-refractivity contribution in [1.82, 2.24) is 0 Å². The molecule has 2 saturated carbocycles. The van der Waals surface area contributed by atoms with Crippen molar-refractivity contribution in [1.29, 1.82) is 0 Å². The summed E-state index contributed by atoms with van der Waals surface area (Å²) >= 11 is 0. The molecule has 1 heterocycles. The zero-order valence-corrected chi connectivity index (χ0v) is 15.3. The molecule has 7 rings (SSSR count). The molecule has 0 N–H and O–H groups in total. The lowest BCUT2D eigenvalue weighted by Crippen LogP contribution is -2.59. The SMILES string of the molecule is C[C@@H]1c2c(cc3c([n+]2[O-])[C@@H](C)[C@H]2C[C@@H]3C2(C)C)[C@@H]2C[C@H]1C2(C)C. The van der Waals surface area contributed by atoms with Crippen LogP contribution in [0.25, 0.3) is 0 Å². The summed E-state index contributed by atoms with van der Waals surface area (Å²) < 4.78 is 1.41. The van der Waals surface area contributed by atoms with E-state index in [1.165, 1.54) is 28.7 Å². The Balaban J connectivity index is 1.76. The molecule has 6 atom stereocenters. The molecule has 124 valence electrons. The van der Waals surface area contributed by atoms with Crippen LogP contribution in [0.3, 0.4) is 0 Å². The zero-order valence-electron chi connectivity index (χ0n) is 15.3. The maximum atomic E-state index is 13.4. The Hall–Kier alpha value is -1.05. The summed E-state index contributed by atoms with van der Waals surface area (Å²) in [7, 11) is 0. The van der Waals surface area contributed by atoms with Gasteiger partial charge in [0.05, 0.1) is 0 Å². The van der Waals surface area contributed by atoms with E-state index in [0.29, 0.717) is 46.3 Å². The van der Waals surface area contributed by atoms with Gasteiger partial charge in [0.2, 0.25) is 0 Å². The molecule has 2 nitrogen and oxygen atoms in total. The quantitative estimate of drug-likeness (QED) is 0.499. The molecule has 0 saturated heterocycles. The van der Waals surface area contributed by atoms with Gasteiger partial charge in [0.25, 0.3) is 0 Å². The first kappa shape index (κ1) is 14.3. The number of hydrogen-bond acceptors (Lipinski definition) is 1. The lowest BCUT2D eigenvalue weighted by atomic mass is 9.43. The van der Waals surface area contributed by atoms with E-state index in [1.54, 1.807) is 0 Å². The molecule has 0 aliphatic heterocycles. The number of aromatic nitrogens is 1. The van der Waals surface area contributed by atoms with Gasteiger partial charge in [-0.2, -0.15) is 4.73 Å². The largest absolute Gasteiger partial charge is 0.618 e. The van der Waals surface area contributed by atoms with E-state index in [4.69, 9.17) is 0 Å². The second-order valence-electron chi connectivity index (χ2n) is 10.1. The predicted molar refractivity (Wildman–Crippen MR) is 91.5 cm³/mol. The van der Waals surface area contributed by atoms with Gasteiger partial charge in [-0.25, -0.2) is 0 Å². The lowest BCUT2D eigenvalue weighted by Gasteiger charge is -2.61. The Morgan fingerprint density at radius 3 is 1.61 bits per heavy atom. The summed E-state index contributed by atoms with van der Waals surface area (Å²) in [4.78, 5) is 0. The molecule has 4 bridgehead atoms. The van der Waals surface area contributed by atoms with Crippen LogP contribution in [0.15, 0.2) is 6.07 Å². The molecule has 1 aromatic rings. The molecule has 2 fully saturated rings. The van der Waals surface area contributed by atoms with Crippen molar-refractivity contribution < 1.29 is 4.73 Å². The molecule has 2 heteroatoms. The average Bonchev–Trinajstić information content (AvgIpc) is 2.44. The fraction of sp³-hybridized carbons (Fsp3) is 0.762. The van der Waals surface area contributed by atoms with Crippen LogP contribution in [0.1, 0.15) is 101 Å². The van der Waals surface area contributed by atoms with Gasteiger partial charge < -0.3 is 5.21 Å². The second-order valence-corrected chi connectivity index (χ2v) is 10.1. The first-order valence-electron chi connectivity index (χ1n) is 9.47. The van der Waals surface area contributed by atoms with Crippen LogP contribution in [0, 0.1) is 27.9 Å². The molecule has 0 radical (unpaired) electrons. The van der Waals surface area contributed by atoms with E-state index in [2.05, 4.69) is 47.6 Å². The third kappa shape index (κ3) is 1.34. The molecule has 1 aromatic heterocycles. The van der Waals surface area contributed by atoms with Gasteiger partial charge in [0.15, 0.2) is 11.4 Å². The molecule has 0 aromatic carbocycles. The fourth-order valence-electron chi connectivity index (χ4n) is 7.19. The smallest absolute Gasteiger partial charge is 0.199 e. The number of rotatable bonds is 0. The number of pyridine rings is 1. The average molecular weight is 311 g/mol. The molecule has 0 amide bonds. The Morgan fingerprint density at radius 2 is 1.26 bits per heavy atom. The molecule has 6 aliphatic rings. The van der Waals surface area contributed by atoms with Crippen LogP contribution in [0.5, 0.6) is 0 Å². The first-order chi connectivity index (χ1) is 10.7. The van der Waals surface area contributed by atoms with E-state index < -0.39 is 0 Å². The minimum absolute atomic E-state index is 0.367. The highest BCUT2D eigenvalue weighted by Crippen LogP contribution is 2.69. The van der Waals surface area contributed by atoms with Crippen molar-refractivity contribution in [3.05, 3.63) is 33.8 Å². The molecular weight excluding hydrogens is 282 g/mol. The van der Waals surface area contributed by atoms with E-state index in [-0.39, 0.29) is 0 Å². The van der Waals surface area contributed by atoms with Crippen LogP contribution < -0.4 is 4.73 Å². The van der Waals surface area contributed by atoms with Gasteiger partial charge in [-0.05, 0) is 53.4 Å². The van der Waals surface area contributed by atoms with Crippen LogP contribution >= 0.6 is 0 Å². The summed E-state index contributed by atoms with van der Waals surface area (Å²) in [5.74, 6) is 3.38. The van der Waals surface area contributed by atoms with Crippen LogP contribution in [0.2, 0.25) is 0 Å². The van der Waals surface area contributed by atoms with Gasteiger partial charge in [-0.1, -0.05) is 41.5 Å². The standard InChI is InChI=1S/C21H29NO/c1-10-14-8-16(20(14,3)4)12-7-13-17-9-15(21(17,5)6)11(2)19(13)22(23)18(10)12/h7,10-11,14-17H,8-9H2,1-6H3/t10-,11-,14+,15+,16-,17-/m0/s1. The Morgan fingerprint density at radius 1 is 0.870 bits per heavy atom. The van der Waals surface area contributed by atoms with Gasteiger partial charge in [0.1, 0.15) is 0 Å². The third-order valence-corrected chi connectivity index (χ3v) is 8.85. The van der Waals surface area contributed by atoms with Gasteiger partial charge in [-0.3, -0.25) is 0 Å². The minimum Gasteiger partial charge on any atom is -0.618 e. The van der Waals surface area contributed by atoms with E-state index >= 15 is 0 Å². The summed E-state index contributed by atoms with van der Waals surface area (Å²) in [5, 5.41) is 13.4. The maximum Gasteiger partial charge on any atom is 0.199 e. The molecule has 0 unspecified atom stereocenters. The monoisotopic (exact) mass is 311 g/mol. The Kier molecular flexibility index (Phi) is 2.35. The highest BCUT2D eigenvalue weighted by atomic mass is 16.5. The van der Waals surface area contributed by atoms with Crippen molar-refractivity contribution in [3.8, 4) is 0 Å². The number of nitrogens with zero attached hydrogens (tertiary/aromatic N) is 1. The third-order valence-electron chi connectivity index (χ3n) is 8.85. The van der Waals surface area contributed by atoms with Crippen molar-refractivity contribution in [3.63, 3.8) is 0 Å². The van der Waals surface area contributed by atoms with Gasteiger partial charge in [-0.15, -0.1) is 0 Å². The van der Waals surface area contributed by atoms with Crippen LogP contribution in [0.4, 0.5) is 0 Å². The fourth-order valence-corrected chi connectivity index (χ4v) is 7.19. The van der Waals surface area contributed by atoms with E-state index in [1.807, 2.05) is 0 Å². The van der Waals surface area contributed by atoms with Crippen molar-refractivity contribution in [2.75, 3.05) is 0 Å². The zero-order chi connectivity index (χ0) is 16.5. The van der Waals surface area contributed by atoms with E-state index in [0.717, 1.165) is 11.4 Å². The second kappa shape index (κ2) is 3.78. The normalized spacial score (nSPS) is 43.7. The van der Waals surface area contributed by atoms with Gasteiger partial charge in [0, 0.05) is 23.0 Å². The first-order valence-corrected chi connectivity index (χ1v) is 9.47. The summed E-state index contributed by atoms with van der Waals surface area (Å²) in [6, 6.07) is 2.48.